The molecule has 25 heavy (non-hydrogen) atoms. The van der Waals surface area contributed by atoms with Gasteiger partial charge in [0.1, 0.15) is 11.3 Å². The molecule has 0 aliphatic heterocycles. The van der Waals surface area contributed by atoms with E-state index in [-0.39, 0.29) is 29.6 Å². The Morgan fingerprint density at radius 1 is 1.16 bits per heavy atom. The van der Waals surface area contributed by atoms with E-state index in [0.717, 1.165) is 0 Å². The highest BCUT2D eigenvalue weighted by Gasteiger charge is 2.36. The number of benzene rings is 1. The summed E-state index contributed by atoms with van der Waals surface area (Å²) in [4.78, 5) is 11.3. The molecule has 0 saturated carbocycles. The number of anilines is 1. The molecular weight excluding hydrogens is 338 g/mol. The number of fused-ring (bicyclic) bond motifs is 1. The van der Waals surface area contributed by atoms with Crippen LogP contribution in [0.1, 0.15) is 25.2 Å². The van der Waals surface area contributed by atoms with Gasteiger partial charge in [0.15, 0.2) is 11.5 Å². The molecule has 0 saturated heterocycles. The molecule has 0 aliphatic rings. The minimum atomic E-state index is -4.70. The highest BCUT2D eigenvalue weighted by atomic mass is 19.4. The Hall–Kier alpha value is -2.71. The van der Waals surface area contributed by atoms with Crippen molar-refractivity contribution in [1.82, 2.24) is 19.5 Å². The molecule has 132 valence electrons. The van der Waals surface area contributed by atoms with Crippen molar-refractivity contribution >= 4 is 17.0 Å². The maximum atomic E-state index is 13.8. The maximum Gasteiger partial charge on any atom is 0.451 e. The van der Waals surface area contributed by atoms with Crippen LogP contribution in [0, 0.1) is 5.82 Å². The molecule has 0 radical (unpaired) electrons. The number of rotatable bonds is 4. The average molecular weight is 353 g/mol. The molecule has 3 aromatic rings. The van der Waals surface area contributed by atoms with E-state index in [1.165, 1.54) is 17.0 Å². The van der Waals surface area contributed by atoms with Gasteiger partial charge in [0.05, 0.1) is 12.9 Å². The van der Waals surface area contributed by atoms with E-state index in [9.17, 15) is 17.6 Å². The van der Waals surface area contributed by atoms with Crippen LogP contribution in [0.25, 0.3) is 11.2 Å². The second-order valence-corrected chi connectivity index (χ2v) is 5.83. The Morgan fingerprint density at radius 2 is 1.88 bits per heavy atom. The summed E-state index contributed by atoms with van der Waals surface area (Å²) in [6.07, 6.45) is -3.37. The fourth-order valence-corrected chi connectivity index (χ4v) is 2.37. The van der Waals surface area contributed by atoms with Gasteiger partial charge in [0.25, 0.3) is 0 Å². The molecular formula is C16H15F4N5. The summed E-state index contributed by atoms with van der Waals surface area (Å²) in [7, 11) is 0. The number of halogens is 4. The largest absolute Gasteiger partial charge is 0.451 e. The Kier molecular flexibility index (Phi) is 4.32. The lowest BCUT2D eigenvalue weighted by atomic mass is 10.2. The number of nitrogens with zero attached hydrogens (tertiary/aromatic N) is 4. The minimum absolute atomic E-state index is 0.000362. The van der Waals surface area contributed by atoms with E-state index in [2.05, 4.69) is 20.3 Å². The third-order valence-corrected chi connectivity index (χ3v) is 3.44. The first kappa shape index (κ1) is 17.1. The first-order valence-electron chi connectivity index (χ1n) is 7.55. The summed E-state index contributed by atoms with van der Waals surface area (Å²) < 4.78 is 54.6. The monoisotopic (exact) mass is 353 g/mol. The Labute approximate surface area is 140 Å². The summed E-state index contributed by atoms with van der Waals surface area (Å²) in [6.45, 7) is 3.56. The van der Waals surface area contributed by atoms with Crippen LogP contribution in [-0.4, -0.2) is 25.6 Å². The predicted molar refractivity (Wildman–Crippen MR) is 84.6 cm³/mol. The molecule has 1 aromatic carbocycles. The van der Waals surface area contributed by atoms with Crippen molar-refractivity contribution in [1.29, 1.82) is 0 Å². The topological polar surface area (TPSA) is 55.6 Å². The lowest BCUT2D eigenvalue weighted by Gasteiger charge is -2.13. The Bertz CT molecular complexity index is 901. The molecule has 0 aliphatic carbocycles. The van der Waals surface area contributed by atoms with Gasteiger partial charge in [-0.25, -0.2) is 19.3 Å². The highest BCUT2D eigenvalue weighted by molar-refractivity contribution is 5.83. The minimum Gasteiger partial charge on any atom is -0.366 e. The zero-order valence-corrected chi connectivity index (χ0v) is 13.5. The summed E-state index contributed by atoms with van der Waals surface area (Å²) >= 11 is 0. The number of nitrogens with one attached hydrogen (secondary N) is 1. The molecule has 3 rings (SSSR count). The van der Waals surface area contributed by atoms with Crippen LogP contribution >= 0.6 is 0 Å². The fraction of sp³-hybridized carbons (Fsp3) is 0.312. The molecule has 0 bridgehead atoms. The lowest BCUT2D eigenvalue weighted by Crippen LogP contribution is -2.17. The number of hydrogen-bond donors (Lipinski definition) is 1. The van der Waals surface area contributed by atoms with E-state index in [4.69, 9.17) is 0 Å². The SMILES string of the molecule is CC(C)Nc1nc(C(F)(F)F)nc2c1ncn2Cc1ccccc1F. The molecule has 0 atom stereocenters. The first-order chi connectivity index (χ1) is 11.8. The second kappa shape index (κ2) is 6.30. The third-order valence-electron chi connectivity index (χ3n) is 3.44. The van der Waals surface area contributed by atoms with Gasteiger partial charge >= 0.3 is 6.18 Å². The number of alkyl halides is 3. The molecule has 0 amide bonds. The van der Waals surface area contributed by atoms with Crippen molar-refractivity contribution in [2.75, 3.05) is 5.32 Å². The third kappa shape index (κ3) is 3.54. The van der Waals surface area contributed by atoms with Gasteiger partial charge in [-0.05, 0) is 19.9 Å². The fourth-order valence-electron chi connectivity index (χ4n) is 2.37. The molecule has 0 spiro atoms. The maximum absolute atomic E-state index is 13.8. The highest BCUT2D eigenvalue weighted by Crippen LogP contribution is 2.30. The van der Waals surface area contributed by atoms with Gasteiger partial charge in [-0.2, -0.15) is 13.2 Å². The van der Waals surface area contributed by atoms with Gasteiger partial charge in [-0.1, -0.05) is 18.2 Å². The summed E-state index contributed by atoms with van der Waals surface area (Å²) in [5.74, 6) is -1.71. The van der Waals surface area contributed by atoms with Crippen molar-refractivity contribution in [2.45, 2.75) is 32.6 Å². The van der Waals surface area contributed by atoms with Crippen molar-refractivity contribution < 1.29 is 17.6 Å². The molecule has 2 aromatic heterocycles. The van der Waals surface area contributed by atoms with Crippen LogP contribution in [0.2, 0.25) is 0 Å². The van der Waals surface area contributed by atoms with Crippen molar-refractivity contribution in [2.24, 2.45) is 0 Å². The molecule has 2 heterocycles. The summed E-state index contributed by atoms with van der Waals surface area (Å²) in [6, 6.07) is 5.89. The van der Waals surface area contributed by atoms with Crippen LogP contribution in [0.4, 0.5) is 23.4 Å². The van der Waals surface area contributed by atoms with Crippen molar-refractivity contribution in [3.05, 3.63) is 47.8 Å². The van der Waals surface area contributed by atoms with Crippen molar-refractivity contribution in [3.8, 4) is 0 Å². The quantitative estimate of drug-likeness (QED) is 0.724. The van der Waals surface area contributed by atoms with E-state index in [1.54, 1.807) is 32.0 Å². The molecule has 1 N–H and O–H groups in total. The van der Waals surface area contributed by atoms with Crippen LogP contribution in [0.15, 0.2) is 30.6 Å². The van der Waals surface area contributed by atoms with Crippen molar-refractivity contribution in [3.63, 3.8) is 0 Å². The first-order valence-corrected chi connectivity index (χ1v) is 7.55. The molecule has 0 unspecified atom stereocenters. The van der Waals surface area contributed by atoms with Gasteiger partial charge in [0, 0.05) is 11.6 Å². The zero-order chi connectivity index (χ0) is 18.2. The molecule has 0 fully saturated rings. The average Bonchev–Trinajstić information content (AvgIpc) is 2.91. The van der Waals surface area contributed by atoms with E-state index >= 15 is 0 Å². The van der Waals surface area contributed by atoms with Gasteiger partial charge < -0.3 is 9.88 Å². The number of imidazole rings is 1. The van der Waals surface area contributed by atoms with E-state index in [1.807, 2.05) is 0 Å². The standard InChI is InChI=1S/C16H15F4N5/c1-9(2)22-13-12-14(24-15(23-13)16(18,19)20)25(8-21-12)7-10-5-3-4-6-11(10)17/h3-6,8-9H,7H2,1-2H3,(H,22,23,24). The van der Waals surface area contributed by atoms with E-state index in [0.29, 0.717) is 5.56 Å². The summed E-state index contributed by atoms with van der Waals surface area (Å²) in [5, 5.41) is 2.85. The van der Waals surface area contributed by atoms with Gasteiger partial charge in [-0.3, -0.25) is 0 Å². The van der Waals surface area contributed by atoms with Crippen LogP contribution in [0.3, 0.4) is 0 Å². The Balaban J connectivity index is 2.13. The summed E-state index contributed by atoms with van der Waals surface area (Å²) in [5.41, 5.74) is 0.527. The van der Waals surface area contributed by atoms with E-state index < -0.39 is 17.8 Å². The second-order valence-electron chi connectivity index (χ2n) is 5.83. The number of aromatic nitrogens is 4. The lowest BCUT2D eigenvalue weighted by molar-refractivity contribution is -0.144. The Morgan fingerprint density at radius 3 is 2.52 bits per heavy atom. The van der Waals surface area contributed by atoms with Crippen LogP contribution < -0.4 is 5.32 Å². The van der Waals surface area contributed by atoms with Crippen LogP contribution in [-0.2, 0) is 12.7 Å². The molecule has 5 nitrogen and oxygen atoms in total. The normalized spacial score (nSPS) is 12.1. The van der Waals surface area contributed by atoms with Crippen LogP contribution in [0.5, 0.6) is 0 Å². The van der Waals surface area contributed by atoms with Gasteiger partial charge in [-0.15, -0.1) is 0 Å². The van der Waals surface area contributed by atoms with Gasteiger partial charge in [0.2, 0.25) is 5.82 Å². The molecule has 9 heteroatoms. The zero-order valence-electron chi connectivity index (χ0n) is 13.5. The number of hydrogen-bond acceptors (Lipinski definition) is 4. The smallest absolute Gasteiger partial charge is 0.366 e. The predicted octanol–water partition coefficient (Wildman–Crippen LogP) is 3.85.